The van der Waals surface area contributed by atoms with Crippen LogP contribution in [0, 0.1) is 0 Å². The summed E-state index contributed by atoms with van der Waals surface area (Å²) in [6, 6.07) is 7.28. The van der Waals surface area contributed by atoms with Gasteiger partial charge in [-0.15, -0.1) is 0 Å². The van der Waals surface area contributed by atoms with Crippen LogP contribution in [0.5, 0.6) is 0 Å². The zero-order valence-electron chi connectivity index (χ0n) is 16.9. The van der Waals surface area contributed by atoms with Gasteiger partial charge in [0.2, 0.25) is 0 Å². The molecule has 0 aliphatic rings. The van der Waals surface area contributed by atoms with Crippen molar-refractivity contribution in [2.24, 2.45) is 0 Å². The average molecular weight is 361 g/mol. The minimum atomic E-state index is -0.168. The Bertz CT molecular complexity index is 508. The summed E-state index contributed by atoms with van der Waals surface area (Å²) in [7, 11) is 0. The number of rotatable bonds is 12. The van der Waals surface area contributed by atoms with Crippen LogP contribution < -0.4 is 10.6 Å². The number of hydrogen-bond donors (Lipinski definition) is 2. The van der Waals surface area contributed by atoms with Gasteiger partial charge in [0, 0.05) is 12.1 Å². The maximum absolute atomic E-state index is 12.6. The fourth-order valence-electron chi connectivity index (χ4n) is 3.03. The van der Waals surface area contributed by atoms with E-state index < -0.39 is 0 Å². The quantitative estimate of drug-likeness (QED) is 0.510. The van der Waals surface area contributed by atoms with Crippen molar-refractivity contribution in [1.29, 1.82) is 0 Å². The highest BCUT2D eigenvalue weighted by Crippen LogP contribution is 2.12. The van der Waals surface area contributed by atoms with Crippen LogP contribution in [0.15, 0.2) is 24.3 Å². The molecule has 0 heterocycles. The van der Waals surface area contributed by atoms with E-state index >= 15 is 0 Å². The zero-order valence-corrected chi connectivity index (χ0v) is 16.9. The van der Waals surface area contributed by atoms with Crippen molar-refractivity contribution in [3.63, 3.8) is 0 Å². The van der Waals surface area contributed by atoms with Gasteiger partial charge in [0.05, 0.1) is 11.1 Å². The Hall–Kier alpha value is -1.84. The summed E-state index contributed by atoms with van der Waals surface area (Å²) >= 11 is 0. The number of carbonyl (C=O) groups excluding carboxylic acids is 2. The summed E-state index contributed by atoms with van der Waals surface area (Å²) in [5.74, 6) is -0.336. The van der Waals surface area contributed by atoms with Crippen molar-refractivity contribution in [3.8, 4) is 0 Å². The average Bonchev–Trinajstić information content (AvgIpc) is 2.62. The summed E-state index contributed by atoms with van der Waals surface area (Å²) in [6.07, 6.45) is 8.82. The van der Waals surface area contributed by atoms with Crippen LogP contribution in [-0.4, -0.2) is 23.9 Å². The molecule has 0 aliphatic heterocycles. The van der Waals surface area contributed by atoms with Crippen LogP contribution in [0.1, 0.15) is 99.8 Å². The first-order chi connectivity index (χ1) is 12.5. The molecule has 0 fully saturated rings. The number of carbonyl (C=O) groups is 2. The van der Waals surface area contributed by atoms with Gasteiger partial charge in [0.15, 0.2) is 0 Å². The predicted molar refractivity (Wildman–Crippen MR) is 109 cm³/mol. The van der Waals surface area contributed by atoms with Gasteiger partial charge in [0.25, 0.3) is 11.8 Å². The van der Waals surface area contributed by atoms with Crippen molar-refractivity contribution >= 4 is 11.8 Å². The molecule has 146 valence electrons. The van der Waals surface area contributed by atoms with Crippen LogP contribution >= 0.6 is 0 Å². The SMILES string of the molecule is CCCCC[C@@H](C)NC(=O)c1ccccc1C(=O)N[C@H](C)CCCCC. The Labute approximate surface area is 159 Å². The fraction of sp³-hybridized carbons (Fsp3) is 0.636. The maximum Gasteiger partial charge on any atom is 0.252 e. The molecule has 2 amide bonds. The van der Waals surface area contributed by atoms with Gasteiger partial charge in [-0.1, -0.05) is 64.5 Å². The van der Waals surface area contributed by atoms with Gasteiger partial charge >= 0.3 is 0 Å². The molecule has 0 saturated heterocycles. The van der Waals surface area contributed by atoms with E-state index in [1.54, 1.807) is 24.3 Å². The topological polar surface area (TPSA) is 58.2 Å². The molecule has 1 rings (SSSR count). The number of benzene rings is 1. The minimum absolute atomic E-state index is 0.109. The third-order valence-corrected chi connectivity index (χ3v) is 4.65. The van der Waals surface area contributed by atoms with E-state index in [9.17, 15) is 9.59 Å². The first-order valence-electron chi connectivity index (χ1n) is 10.2. The third-order valence-electron chi connectivity index (χ3n) is 4.65. The van der Waals surface area contributed by atoms with Crippen molar-refractivity contribution in [2.45, 2.75) is 91.1 Å². The van der Waals surface area contributed by atoms with Crippen LogP contribution in [0.3, 0.4) is 0 Å². The number of hydrogen-bond acceptors (Lipinski definition) is 2. The summed E-state index contributed by atoms with van der Waals surface area (Å²) in [5, 5.41) is 6.05. The lowest BCUT2D eigenvalue weighted by atomic mass is 10.0. The molecule has 26 heavy (non-hydrogen) atoms. The van der Waals surface area contributed by atoms with E-state index in [-0.39, 0.29) is 23.9 Å². The largest absolute Gasteiger partial charge is 0.350 e. The smallest absolute Gasteiger partial charge is 0.252 e. The molecule has 4 heteroatoms. The third kappa shape index (κ3) is 8.03. The van der Waals surface area contributed by atoms with E-state index in [0.717, 1.165) is 25.7 Å². The molecule has 0 saturated carbocycles. The summed E-state index contributed by atoms with van der Waals surface area (Å²) < 4.78 is 0. The molecule has 1 aromatic carbocycles. The molecule has 0 bridgehead atoms. The number of amides is 2. The lowest BCUT2D eigenvalue weighted by Gasteiger charge is -2.17. The highest BCUT2D eigenvalue weighted by atomic mass is 16.2. The molecule has 0 aliphatic carbocycles. The lowest BCUT2D eigenvalue weighted by molar-refractivity contribution is 0.0903. The summed E-state index contributed by atoms with van der Waals surface area (Å²) in [5.41, 5.74) is 0.904. The van der Waals surface area contributed by atoms with E-state index in [0.29, 0.717) is 11.1 Å². The van der Waals surface area contributed by atoms with Crippen LogP contribution in [-0.2, 0) is 0 Å². The standard InChI is InChI=1S/C22H36N2O2/c1-5-7-9-13-17(3)23-21(25)19-15-11-12-16-20(19)22(26)24-18(4)14-10-8-6-2/h11-12,15-18H,5-10,13-14H2,1-4H3,(H,23,25)(H,24,26)/t17-,18-/m1/s1. The van der Waals surface area contributed by atoms with Crippen molar-refractivity contribution in [3.05, 3.63) is 35.4 Å². The van der Waals surface area contributed by atoms with Gasteiger partial charge in [-0.2, -0.15) is 0 Å². The van der Waals surface area contributed by atoms with Gasteiger partial charge in [-0.3, -0.25) is 9.59 Å². The highest BCUT2D eigenvalue weighted by Gasteiger charge is 2.19. The van der Waals surface area contributed by atoms with E-state index in [1.165, 1.54) is 25.7 Å². The number of nitrogens with one attached hydrogen (secondary N) is 2. The normalized spacial score (nSPS) is 13.1. The van der Waals surface area contributed by atoms with Crippen LogP contribution in [0.25, 0.3) is 0 Å². The van der Waals surface area contributed by atoms with Crippen LogP contribution in [0.4, 0.5) is 0 Å². The molecule has 0 spiro atoms. The predicted octanol–water partition coefficient (Wildman–Crippen LogP) is 5.08. The Morgan fingerprint density at radius 2 is 1.15 bits per heavy atom. The van der Waals surface area contributed by atoms with E-state index in [4.69, 9.17) is 0 Å². The van der Waals surface area contributed by atoms with Gasteiger partial charge < -0.3 is 10.6 Å². The second-order valence-corrected chi connectivity index (χ2v) is 7.29. The second kappa shape index (κ2) is 12.5. The Morgan fingerprint density at radius 1 is 0.769 bits per heavy atom. The van der Waals surface area contributed by atoms with Crippen molar-refractivity contribution in [1.82, 2.24) is 10.6 Å². The van der Waals surface area contributed by atoms with Gasteiger partial charge in [-0.25, -0.2) is 0 Å². The molecular weight excluding hydrogens is 324 g/mol. The maximum atomic E-state index is 12.6. The highest BCUT2D eigenvalue weighted by molar-refractivity contribution is 6.07. The van der Waals surface area contributed by atoms with Crippen LogP contribution in [0.2, 0.25) is 0 Å². The first-order valence-corrected chi connectivity index (χ1v) is 10.2. The Kier molecular flexibility index (Phi) is 10.7. The monoisotopic (exact) mass is 360 g/mol. The summed E-state index contributed by atoms with van der Waals surface area (Å²) in [6.45, 7) is 8.38. The molecule has 0 radical (unpaired) electrons. The first kappa shape index (κ1) is 22.2. The molecule has 0 unspecified atom stereocenters. The number of unbranched alkanes of at least 4 members (excludes halogenated alkanes) is 4. The Morgan fingerprint density at radius 3 is 1.50 bits per heavy atom. The lowest BCUT2D eigenvalue weighted by Crippen LogP contribution is -2.36. The second-order valence-electron chi connectivity index (χ2n) is 7.29. The minimum Gasteiger partial charge on any atom is -0.350 e. The van der Waals surface area contributed by atoms with Gasteiger partial charge in [0.1, 0.15) is 0 Å². The molecule has 4 nitrogen and oxygen atoms in total. The fourth-order valence-corrected chi connectivity index (χ4v) is 3.03. The molecule has 2 N–H and O–H groups in total. The molecule has 1 aromatic rings. The Balaban J connectivity index is 2.67. The molecular formula is C22H36N2O2. The molecule has 0 aromatic heterocycles. The summed E-state index contributed by atoms with van der Waals surface area (Å²) in [4.78, 5) is 25.2. The van der Waals surface area contributed by atoms with E-state index in [2.05, 4.69) is 24.5 Å². The van der Waals surface area contributed by atoms with E-state index in [1.807, 2.05) is 13.8 Å². The van der Waals surface area contributed by atoms with Gasteiger partial charge in [-0.05, 0) is 38.8 Å². The zero-order chi connectivity index (χ0) is 19.4. The van der Waals surface area contributed by atoms with Crippen molar-refractivity contribution < 1.29 is 9.59 Å². The molecule has 2 atom stereocenters. The van der Waals surface area contributed by atoms with Crippen molar-refractivity contribution in [2.75, 3.05) is 0 Å².